The first-order valence-corrected chi connectivity index (χ1v) is 8.91. The molecule has 2 N–H and O–H groups in total. The number of carbonyl (C=O) groups excluding carboxylic acids is 1. The average Bonchev–Trinajstić information content (AvgIpc) is 3.13. The van der Waals surface area contributed by atoms with Gasteiger partial charge in [-0.1, -0.05) is 30.1 Å². The van der Waals surface area contributed by atoms with E-state index < -0.39 is 0 Å². The molecule has 1 amide bonds. The lowest BCUT2D eigenvalue weighted by Gasteiger charge is -2.11. The van der Waals surface area contributed by atoms with E-state index in [0.717, 1.165) is 34.1 Å². The Bertz CT molecular complexity index is 991. The second-order valence-electron chi connectivity index (χ2n) is 6.29. The monoisotopic (exact) mass is 377 g/mol. The number of aromatic nitrogens is 4. The lowest BCUT2D eigenvalue weighted by atomic mass is 9.95. The largest absolute Gasteiger partial charge is 0.357 e. The van der Waals surface area contributed by atoms with Gasteiger partial charge in [0.2, 0.25) is 5.91 Å². The molecule has 1 aliphatic heterocycles. The van der Waals surface area contributed by atoms with Crippen molar-refractivity contribution in [2.45, 2.75) is 25.7 Å². The molecule has 1 aliphatic rings. The van der Waals surface area contributed by atoms with Gasteiger partial charge in [-0.2, -0.15) is 15.0 Å². The van der Waals surface area contributed by atoms with Gasteiger partial charge < -0.3 is 10.3 Å². The maximum Gasteiger partial charge on any atom is 0.224 e. The van der Waals surface area contributed by atoms with Gasteiger partial charge in [0.25, 0.3) is 0 Å². The Labute approximate surface area is 154 Å². The Hall–Kier alpha value is -2.05. The molecule has 6 nitrogen and oxygen atoms in total. The molecule has 0 bridgehead atoms. The van der Waals surface area contributed by atoms with E-state index in [2.05, 4.69) is 27.4 Å². The van der Waals surface area contributed by atoms with Gasteiger partial charge in [0.05, 0.1) is 28.2 Å². The third-order valence-corrected chi connectivity index (χ3v) is 5.55. The number of H-pyrrole nitrogens is 1. The van der Waals surface area contributed by atoms with Crippen LogP contribution in [0.5, 0.6) is 0 Å². The topological polar surface area (TPSA) is 75.6 Å². The molecule has 4 rings (SSSR count). The van der Waals surface area contributed by atoms with Crippen LogP contribution in [0.1, 0.15) is 30.5 Å². The van der Waals surface area contributed by atoms with E-state index in [-0.39, 0.29) is 11.8 Å². The molecule has 3 heterocycles. The lowest BCUT2D eigenvalue weighted by molar-refractivity contribution is -0.120. The normalized spacial score (nSPS) is 17.4. The first-order chi connectivity index (χ1) is 12.0. The van der Waals surface area contributed by atoms with Crippen molar-refractivity contribution in [1.29, 1.82) is 0 Å². The summed E-state index contributed by atoms with van der Waals surface area (Å²) < 4.78 is 0. The van der Waals surface area contributed by atoms with Crippen LogP contribution in [0.3, 0.4) is 0 Å². The van der Waals surface area contributed by atoms with Gasteiger partial charge >= 0.3 is 0 Å². The summed E-state index contributed by atoms with van der Waals surface area (Å²) in [6, 6.07) is 1.80. The van der Waals surface area contributed by atoms with Gasteiger partial charge in [-0.3, -0.25) is 4.79 Å². The molecule has 0 spiro atoms. The summed E-state index contributed by atoms with van der Waals surface area (Å²) in [5.74, 6) is 0.215. The Balaban J connectivity index is 2.08. The zero-order chi connectivity index (χ0) is 17.7. The highest BCUT2D eigenvalue weighted by Crippen LogP contribution is 2.42. The molecule has 1 unspecified atom stereocenters. The van der Waals surface area contributed by atoms with Crippen LogP contribution in [0, 0.1) is 0 Å². The number of aryl methyl sites for hydroxylation is 1. The Morgan fingerprint density at radius 1 is 1.40 bits per heavy atom. The number of benzene rings is 1. The fourth-order valence-corrected chi connectivity index (χ4v) is 3.92. The number of nitrogens with zero attached hydrogens (tertiary/aromatic N) is 3. The number of hydrogen-bond acceptors (Lipinski definition) is 3. The van der Waals surface area contributed by atoms with Gasteiger partial charge in [-0.15, -0.1) is 0 Å². The summed E-state index contributed by atoms with van der Waals surface area (Å²) in [7, 11) is 1.76. The molecule has 1 atom stereocenters. The van der Waals surface area contributed by atoms with Crippen LogP contribution in [0.4, 0.5) is 0 Å². The van der Waals surface area contributed by atoms with Crippen molar-refractivity contribution in [3.63, 3.8) is 0 Å². The van der Waals surface area contributed by atoms with E-state index in [0.29, 0.717) is 28.7 Å². The average molecular weight is 378 g/mol. The molecule has 3 aromatic rings. The highest BCUT2D eigenvalue weighted by molar-refractivity contribution is 6.45. The van der Waals surface area contributed by atoms with Crippen LogP contribution in [0.25, 0.3) is 22.2 Å². The molecular weight excluding hydrogens is 361 g/mol. The summed E-state index contributed by atoms with van der Waals surface area (Å²) in [6.07, 6.45) is 2.90. The molecule has 1 aromatic carbocycles. The molecule has 0 saturated carbocycles. The summed E-state index contributed by atoms with van der Waals surface area (Å²) in [5.41, 5.74) is 4.30. The van der Waals surface area contributed by atoms with Crippen LogP contribution >= 0.6 is 23.2 Å². The quantitative estimate of drug-likeness (QED) is 0.717. The molecule has 0 radical (unpaired) electrons. The minimum Gasteiger partial charge on any atom is -0.357 e. The molecule has 0 aliphatic carbocycles. The number of rotatable bonds is 2. The van der Waals surface area contributed by atoms with E-state index in [9.17, 15) is 4.79 Å². The number of nitrogens with one attached hydrogen (secondary N) is 2. The minimum atomic E-state index is 0.00858. The smallest absolute Gasteiger partial charge is 0.224 e. The summed E-state index contributed by atoms with van der Waals surface area (Å²) in [6.45, 7) is 2.72. The molecule has 0 saturated heterocycles. The van der Waals surface area contributed by atoms with Crippen molar-refractivity contribution in [2.75, 3.05) is 6.54 Å². The van der Waals surface area contributed by atoms with E-state index in [1.807, 2.05) is 0 Å². The van der Waals surface area contributed by atoms with Crippen LogP contribution in [-0.4, -0.2) is 32.4 Å². The second kappa shape index (κ2) is 6.04. The second-order valence-corrected chi connectivity index (χ2v) is 7.08. The molecule has 8 heteroatoms. The number of amides is 1. The number of fused-ring (bicyclic) bond motifs is 3. The van der Waals surface area contributed by atoms with Crippen LogP contribution < -0.4 is 5.32 Å². The van der Waals surface area contributed by atoms with Crippen molar-refractivity contribution in [3.8, 4) is 11.3 Å². The fourth-order valence-electron chi connectivity index (χ4n) is 3.52. The molecule has 25 heavy (non-hydrogen) atoms. The van der Waals surface area contributed by atoms with Crippen molar-refractivity contribution in [2.24, 2.45) is 7.05 Å². The number of halogens is 2. The van der Waals surface area contributed by atoms with Crippen LogP contribution in [0.15, 0.2) is 12.3 Å². The van der Waals surface area contributed by atoms with E-state index in [1.165, 1.54) is 4.80 Å². The molecule has 2 aromatic heterocycles. The van der Waals surface area contributed by atoms with Gasteiger partial charge in [0.1, 0.15) is 5.69 Å². The summed E-state index contributed by atoms with van der Waals surface area (Å²) >= 11 is 12.8. The number of hydrogen-bond donors (Lipinski definition) is 2. The SMILES string of the molecule is CCC1CNC(=O)Cc2c1[nH]c1c(Cl)c(Cl)cc(-c3cnn(C)n3)c21. The zero-order valence-electron chi connectivity index (χ0n) is 13.9. The highest BCUT2D eigenvalue weighted by atomic mass is 35.5. The third-order valence-electron chi connectivity index (χ3n) is 4.77. The highest BCUT2D eigenvalue weighted by Gasteiger charge is 2.28. The Morgan fingerprint density at radius 3 is 2.88 bits per heavy atom. The molecule has 130 valence electrons. The number of carbonyl (C=O) groups is 1. The standard InChI is InChI=1S/C17H17Cl2N5O/c1-3-8-6-20-13(25)5-10-14-9(12-7-21-24(2)23-12)4-11(18)15(19)17(14)22-16(8)10/h4,7-8,22H,3,5-6H2,1-2H3,(H,20,25). The summed E-state index contributed by atoms with van der Waals surface area (Å²) in [5, 5.41) is 13.4. The van der Waals surface area contributed by atoms with Gasteiger partial charge in [0.15, 0.2) is 0 Å². The first kappa shape index (κ1) is 16.4. The maximum atomic E-state index is 12.2. The van der Waals surface area contributed by atoms with Crippen LogP contribution in [0.2, 0.25) is 10.0 Å². The van der Waals surface area contributed by atoms with Crippen LogP contribution in [-0.2, 0) is 18.3 Å². The third kappa shape index (κ3) is 2.60. The fraction of sp³-hybridized carbons (Fsp3) is 0.353. The van der Waals surface area contributed by atoms with Gasteiger partial charge in [-0.05, 0) is 18.1 Å². The molecule has 0 fully saturated rings. The minimum absolute atomic E-state index is 0.00858. The summed E-state index contributed by atoms with van der Waals surface area (Å²) in [4.78, 5) is 17.2. The van der Waals surface area contributed by atoms with Crippen molar-refractivity contribution >= 4 is 40.0 Å². The van der Waals surface area contributed by atoms with Crippen molar-refractivity contribution < 1.29 is 4.79 Å². The number of aromatic amines is 1. The van der Waals surface area contributed by atoms with Crippen molar-refractivity contribution in [3.05, 3.63) is 33.6 Å². The predicted octanol–water partition coefficient (Wildman–Crippen LogP) is 3.44. The molecular formula is C17H17Cl2N5O. The predicted molar refractivity (Wildman–Crippen MR) is 98.1 cm³/mol. The maximum absolute atomic E-state index is 12.2. The zero-order valence-corrected chi connectivity index (χ0v) is 15.4. The van der Waals surface area contributed by atoms with Crippen molar-refractivity contribution in [1.82, 2.24) is 25.3 Å². The van der Waals surface area contributed by atoms with E-state index in [4.69, 9.17) is 23.2 Å². The van der Waals surface area contributed by atoms with E-state index >= 15 is 0 Å². The first-order valence-electron chi connectivity index (χ1n) is 8.15. The van der Waals surface area contributed by atoms with E-state index in [1.54, 1.807) is 19.3 Å². The van der Waals surface area contributed by atoms with Gasteiger partial charge in [-0.25, -0.2) is 0 Å². The Morgan fingerprint density at radius 2 is 2.20 bits per heavy atom. The lowest BCUT2D eigenvalue weighted by Crippen LogP contribution is -2.26. The van der Waals surface area contributed by atoms with Gasteiger partial charge in [0, 0.05) is 36.2 Å². The Kier molecular flexibility index (Phi) is 3.96.